The Morgan fingerprint density at radius 1 is 1.22 bits per heavy atom. The van der Waals surface area contributed by atoms with E-state index in [0.717, 1.165) is 5.56 Å². The number of aromatic nitrogens is 2. The summed E-state index contributed by atoms with van der Waals surface area (Å²) < 4.78 is 1.62. The van der Waals surface area contributed by atoms with Gasteiger partial charge in [-0.3, -0.25) is 4.79 Å². The number of carbonyl (C=O) groups is 1. The Hall–Kier alpha value is -2.83. The summed E-state index contributed by atoms with van der Waals surface area (Å²) >= 11 is 12.6. The number of para-hydroxylation sites is 1. The zero-order valence-corrected chi connectivity index (χ0v) is 15.9. The van der Waals surface area contributed by atoms with Gasteiger partial charge in [-0.15, -0.1) is 0 Å². The molecule has 0 atom stereocenters. The number of aryl methyl sites for hydroxylation is 1. The van der Waals surface area contributed by atoms with Gasteiger partial charge < -0.3 is 5.11 Å². The first-order chi connectivity index (χ1) is 13.0. The van der Waals surface area contributed by atoms with Crippen molar-refractivity contribution in [1.29, 1.82) is 0 Å². The van der Waals surface area contributed by atoms with E-state index in [9.17, 15) is 9.90 Å². The fourth-order valence-electron chi connectivity index (χ4n) is 2.49. The van der Waals surface area contributed by atoms with Crippen LogP contribution >= 0.6 is 23.2 Å². The van der Waals surface area contributed by atoms with Crippen LogP contribution in [0.4, 0.5) is 0 Å². The molecule has 3 rings (SSSR count). The average molecular weight is 403 g/mol. The van der Waals surface area contributed by atoms with Crippen molar-refractivity contribution in [3.05, 3.63) is 81.1 Å². The number of rotatable bonds is 5. The van der Waals surface area contributed by atoms with Crippen molar-refractivity contribution in [3.63, 3.8) is 0 Å². The van der Waals surface area contributed by atoms with Crippen LogP contribution in [0.25, 0.3) is 0 Å². The van der Waals surface area contributed by atoms with Crippen molar-refractivity contribution in [3.8, 4) is 5.75 Å². The first-order valence-electron chi connectivity index (χ1n) is 8.05. The lowest BCUT2D eigenvalue weighted by Gasteiger charge is -2.05. The second-order valence-electron chi connectivity index (χ2n) is 5.76. The van der Waals surface area contributed by atoms with E-state index in [4.69, 9.17) is 23.2 Å². The highest BCUT2D eigenvalue weighted by Crippen LogP contribution is 2.22. The molecule has 0 spiro atoms. The van der Waals surface area contributed by atoms with Crippen LogP contribution in [0, 0.1) is 6.92 Å². The second-order valence-corrected chi connectivity index (χ2v) is 6.52. The van der Waals surface area contributed by atoms with E-state index < -0.39 is 5.91 Å². The molecule has 0 aliphatic carbocycles. The minimum absolute atomic E-state index is 0.119. The summed E-state index contributed by atoms with van der Waals surface area (Å²) in [7, 11) is 0. The Labute approximate surface area is 166 Å². The highest BCUT2D eigenvalue weighted by Gasteiger charge is 2.14. The van der Waals surface area contributed by atoms with E-state index in [2.05, 4.69) is 15.6 Å². The number of aromatic hydroxyl groups is 1. The number of nitrogens with zero attached hydrogens (tertiary/aromatic N) is 3. The minimum Gasteiger partial charge on any atom is -0.507 e. The Morgan fingerprint density at radius 2 is 1.93 bits per heavy atom. The number of benzene rings is 2. The molecule has 0 fully saturated rings. The Bertz CT molecular complexity index is 1010. The van der Waals surface area contributed by atoms with Crippen molar-refractivity contribution in [2.24, 2.45) is 5.10 Å². The van der Waals surface area contributed by atoms with E-state index >= 15 is 0 Å². The lowest BCUT2D eigenvalue weighted by molar-refractivity contribution is 0.0952. The molecule has 6 nitrogen and oxygen atoms in total. The molecule has 2 aromatic carbocycles. The van der Waals surface area contributed by atoms with Crippen molar-refractivity contribution in [2.45, 2.75) is 13.5 Å². The van der Waals surface area contributed by atoms with Crippen LogP contribution in [-0.2, 0) is 6.54 Å². The molecule has 0 bridgehead atoms. The van der Waals surface area contributed by atoms with Gasteiger partial charge in [0.25, 0.3) is 5.91 Å². The van der Waals surface area contributed by atoms with Gasteiger partial charge >= 0.3 is 0 Å². The standard InChI is InChI=1S/C19H16Cl2N4O2/c1-12-15(10-22-23-19(27)14-7-3-5-9-17(14)26)18(21)25(24-12)11-13-6-2-4-8-16(13)20/h2-10,26H,11H2,1H3,(H,23,27)/b22-10-. The van der Waals surface area contributed by atoms with E-state index in [0.29, 0.717) is 28.0 Å². The number of hydrazone groups is 1. The molecule has 8 heteroatoms. The summed E-state index contributed by atoms with van der Waals surface area (Å²) in [4.78, 5) is 12.1. The van der Waals surface area contributed by atoms with Gasteiger partial charge in [0.1, 0.15) is 10.9 Å². The molecule has 0 aliphatic rings. The van der Waals surface area contributed by atoms with Gasteiger partial charge in [-0.1, -0.05) is 53.5 Å². The number of nitrogens with one attached hydrogen (secondary N) is 1. The van der Waals surface area contributed by atoms with Gasteiger partial charge in [-0.25, -0.2) is 10.1 Å². The zero-order chi connectivity index (χ0) is 19.4. The first kappa shape index (κ1) is 18.9. The Balaban J connectivity index is 1.75. The molecule has 1 aromatic heterocycles. The topological polar surface area (TPSA) is 79.5 Å². The monoisotopic (exact) mass is 402 g/mol. The number of halogens is 2. The van der Waals surface area contributed by atoms with Gasteiger partial charge in [0.2, 0.25) is 0 Å². The van der Waals surface area contributed by atoms with Crippen LogP contribution < -0.4 is 5.43 Å². The van der Waals surface area contributed by atoms with Crippen molar-refractivity contribution in [2.75, 3.05) is 0 Å². The van der Waals surface area contributed by atoms with Crippen LogP contribution in [-0.4, -0.2) is 27.0 Å². The summed E-state index contributed by atoms with van der Waals surface area (Å²) in [6.07, 6.45) is 1.42. The molecule has 0 aliphatic heterocycles. The number of phenolic OH excluding ortho intramolecular Hbond substituents is 1. The van der Waals surface area contributed by atoms with Crippen LogP contribution in [0.15, 0.2) is 53.6 Å². The minimum atomic E-state index is -0.526. The SMILES string of the molecule is Cc1nn(Cc2ccccc2Cl)c(Cl)c1/C=N\NC(=O)c1ccccc1O. The first-order valence-corrected chi connectivity index (χ1v) is 8.80. The molecule has 3 aromatic rings. The molecule has 0 saturated heterocycles. The molecular weight excluding hydrogens is 387 g/mol. The van der Waals surface area contributed by atoms with Crippen molar-refractivity contribution < 1.29 is 9.90 Å². The van der Waals surface area contributed by atoms with E-state index in [-0.39, 0.29) is 11.3 Å². The maximum absolute atomic E-state index is 12.1. The summed E-state index contributed by atoms with van der Waals surface area (Å²) in [6, 6.07) is 13.7. The van der Waals surface area contributed by atoms with Crippen molar-refractivity contribution in [1.82, 2.24) is 15.2 Å². The molecule has 0 unspecified atom stereocenters. The zero-order valence-electron chi connectivity index (χ0n) is 14.4. The summed E-state index contributed by atoms with van der Waals surface area (Å²) in [6.45, 7) is 2.21. The van der Waals surface area contributed by atoms with Gasteiger partial charge in [-0.2, -0.15) is 10.2 Å². The number of phenols is 1. The summed E-state index contributed by atoms with van der Waals surface area (Å²) in [5.41, 5.74) is 4.63. The third-order valence-corrected chi connectivity index (χ3v) is 4.66. The van der Waals surface area contributed by atoms with Crippen LogP contribution in [0.2, 0.25) is 10.2 Å². The summed E-state index contributed by atoms with van der Waals surface area (Å²) in [5.74, 6) is -0.645. The molecule has 2 N–H and O–H groups in total. The normalized spacial score (nSPS) is 11.1. The number of hydrogen-bond donors (Lipinski definition) is 2. The molecule has 27 heavy (non-hydrogen) atoms. The fourth-order valence-corrected chi connectivity index (χ4v) is 2.97. The lowest BCUT2D eigenvalue weighted by Crippen LogP contribution is -2.17. The quantitative estimate of drug-likeness (QED) is 0.499. The van der Waals surface area contributed by atoms with Crippen LogP contribution in [0.3, 0.4) is 0 Å². The fraction of sp³-hybridized carbons (Fsp3) is 0.105. The maximum Gasteiger partial charge on any atom is 0.275 e. The highest BCUT2D eigenvalue weighted by molar-refractivity contribution is 6.32. The molecule has 1 amide bonds. The predicted molar refractivity (Wildman–Crippen MR) is 106 cm³/mol. The number of amides is 1. The second kappa shape index (κ2) is 8.24. The third-order valence-electron chi connectivity index (χ3n) is 3.90. The smallest absolute Gasteiger partial charge is 0.275 e. The molecule has 1 heterocycles. The largest absolute Gasteiger partial charge is 0.507 e. The third kappa shape index (κ3) is 4.30. The van der Waals surface area contributed by atoms with Gasteiger partial charge in [-0.05, 0) is 30.7 Å². The number of carbonyl (C=O) groups excluding carboxylic acids is 1. The van der Waals surface area contributed by atoms with E-state index in [1.54, 1.807) is 29.8 Å². The van der Waals surface area contributed by atoms with Gasteiger partial charge in [0.05, 0.1) is 29.6 Å². The molecule has 0 radical (unpaired) electrons. The lowest BCUT2D eigenvalue weighted by atomic mass is 10.2. The number of hydrogen-bond acceptors (Lipinski definition) is 4. The average Bonchev–Trinajstić information content (AvgIpc) is 2.91. The van der Waals surface area contributed by atoms with Crippen LogP contribution in [0.1, 0.15) is 27.2 Å². The van der Waals surface area contributed by atoms with Crippen LogP contribution in [0.5, 0.6) is 5.75 Å². The Morgan fingerprint density at radius 3 is 2.67 bits per heavy atom. The predicted octanol–water partition coefficient (Wildman–Crippen LogP) is 4.02. The van der Waals surface area contributed by atoms with E-state index in [1.165, 1.54) is 18.3 Å². The van der Waals surface area contributed by atoms with Gasteiger partial charge in [0, 0.05) is 5.02 Å². The van der Waals surface area contributed by atoms with Crippen molar-refractivity contribution >= 4 is 35.3 Å². The molecule has 138 valence electrons. The highest BCUT2D eigenvalue weighted by atomic mass is 35.5. The summed E-state index contributed by atoms with van der Waals surface area (Å²) in [5, 5.41) is 19.0. The maximum atomic E-state index is 12.1. The van der Waals surface area contributed by atoms with Gasteiger partial charge in [0.15, 0.2) is 0 Å². The molecule has 0 saturated carbocycles. The Kier molecular flexibility index (Phi) is 5.78. The molecular formula is C19H16Cl2N4O2. The van der Waals surface area contributed by atoms with E-state index in [1.807, 2.05) is 18.2 Å².